The Balaban J connectivity index is 2.08. The summed E-state index contributed by atoms with van der Waals surface area (Å²) in [6, 6.07) is -0.0457. The van der Waals surface area contributed by atoms with Gasteiger partial charge in [-0.2, -0.15) is 4.98 Å². The second kappa shape index (κ2) is 5.77. The molecule has 1 aliphatic rings. The zero-order valence-electron chi connectivity index (χ0n) is 11.1. The number of aromatic nitrogens is 2. The van der Waals surface area contributed by atoms with Crippen LogP contribution in [0.1, 0.15) is 51.1 Å². The van der Waals surface area contributed by atoms with Crippen molar-refractivity contribution < 1.29 is 14.4 Å². The molecule has 3 atom stereocenters. The lowest BCUT2D eigenvalue weighted by molar-refractivity contribution is 0.0217. The van der Waals surface area contributed by atoms with Gasteiger partial charge in [0.1, 0.15) is 6.10 Å². The largest absolute Gasteiger partial charge is 0.392 e. The lowest BCUT2D eigenvalue weighted by atomic mass is 10.1. The number of ether oxygens (including phenoxy) is 1. The molecule has 0 radical (unpaired) electrons. The molecule has 1 aromatic heterocycles. The van der Waals surface area contributed by atoms with Crippen LogP contribution in [-0.4, -0.2) is 34.5 Å². The first-order chi connectivity index (χ1) is 8.61. The van der Waals surface area contributed by atoms with Crippen molar-refractivity contribution in [1.29, 1.82) is 0 Å². The molecule has 1 saturated heterocycles. The number of rotatable bonds is 5. The van der Waals surface area contributed by atoms with Crippen molar-refractivity contribution in [3.8, 4) is 0 Å². The molecule has 102 valence electrons. The average molecular weight is 255 g/mol. The lowest BCUT2D eigenvalue weighted by Crippen LogP contribution is -2.16. The molecule has 6 nitrogen and oxygen atoms in total. The summed E-state index contributed by atoms with van der Waals surface area (Å²) in [6.45, 7) is 7.27. The predicted octanol–water partition coefficient (Wildman–Crippen LogP) is 1.20. The normalized spacial score (nSPS) is 25.8. The Morgan fingerprint density at radius 1 is 1.56 bits per heavy atom. The van der Waals surface area contributed by atoms with Gasteiger partial charge < -0.3 is 19.7 Å². The molecule has 0 saturated carbocycles. The zero-order chi connectivity index (χ0) is 13.1. The Morgan fingerprint density at radius 3 is 2.89 bits per heavy atom. The number of hydrogen-bond acceptors (Lipinski definition) is 6. The quantitative estimate of drug-likeness (QED) is 0.823. The fraction of sp³-hybridized carbons (Fsp3) is 0.833. The summed E-state index contributed by atoms with van der Waals surface area (Å²) in [5.41, 5.74) is 0. The molecule has 2 heterocycles. The number of nitrogens with one attached hydrogen (secondary N) is 1. The fourth-order valence-corrected chi connectivity index (χ4v) is 2.15. The molecular weight excluding hydrogens is 234 g/mol. The first-order valence-electron chi connectivity index (χ1n) is 6.48. The van der Waals surface area contributed by atoms with Crippen molar-refractivity contribution in [2.24, 2.45) is 5.92 Å². The maximum Gasteiger partial charge on any atom is 0.243 e. The topological polar surface area (TPSA) is 80.4 Å². The summed E-state index contributed by atoms with van der Waals surface area (Å²) in [6.07, 6.45) is 0.139. The van der Waals surface area contributed by atoms with Crippen LogP contribution in [0.5, 0.6) is 0 Å². The number of β-amino-alcohol motifs (C(OH)–C–C–N with tert-alkyl or cyclic N) is 1. The number of hydrogen-bond donors (Lipinski definition) is 2. The molecule has 0 amide bonds. The van der Waals surface area contributed by atoms with E-state index in [1.54, 1.807) is 0 Å². The SMILES string of the molecule is CCOC(c1noc([C@H]2C[C@@H](O)CN2)n1)C(C)C. The van der Waals surface area contributed by atoms with Crippen molar-refractivity contribution in [2.75, 3.05) is 13.2 Å². The molecule has 2 N–H and O–H groups in total. The molecule has 1 fully saturated rings. The second-order valence-corrected chi connectivity index (χ2v) is 4.96. The summed E-state index contributed by atoms with van der Waals surface area (Å²) in [5, 5.41) is 16.6. The van der Waals surface area contributed by atoms with E-state index in [0.29, 0.717) is 31.3 Å². The van der Waals surface area contributed by atoms with Gasteiger partial charge in [-0.3, -0.25) is 0 Å². The molecule has 18 heavy (non-hydrogen) atoms. The summed E-state index contributed by atoms with van der Waals surface area (Å²) in [5.74, 6) is 1.41. The van der Waals surface area contributed by atoms with Crippen LogP contribution < -0.4 is 5.32 Å². The highest BCUT2D eigenvalue weighted by molar-refractivity contribution is 5.00. The van der Waals surface area contributed by atoms with E-state index in [4.69, 9.17) is 9.26 Å². The van der Waals surface area contributed by atoms with Gasteiger partial charge in [0.05, 0.1) is 12.1 Å². The molecule has 6 heteroatoms. The molecule has 0 aliphatic carbocycles. The van der Waals surface area contributed by atoms with Gasteiger partial charge in [0.15, 0.2) is 0 Å². The minimum absolute atomic E-state index is 0.0457. The lowest BCUT2D eigenvalue weighted by Gasteiger charge is -2.16. The standard InChI is InChI=1S/C12H21N3O3/c1-4-17-10(7(2)3)11-14-12(18-15-11)9-5-8(16)6-13-9/h7-10,13,16H,4-6H2,1-3H3/t8-,9-,10?/m1/s1. The van der Waals surface area contributed by atoms with Crippen molar-refractivity contribution in [1.82, 2.24) is 15.5 Å². The molecule has 0 bridgehead atoms. The molecule has 0 aromatic carbocycles. The Morgan fingerprint density at radius 2 is 2.33 bits per heavy atom. The summed E-state index contributed by atoms with van der Waals surface area (Å²) in [4.78, 5) is 4.39. The van der Waals surface area contributed by atoms with E-state index in [-0.39, 0.29) is 24.2 Å². The predicted molar refractivity (Wildman–Crippen MR) is 64.9 cm³/mol. The molecular formula is C12H21N3O3. The second-order valence-electron chi connectivity index (χ2n) is 4.96. The third-order valence-electron chi connectivity index (χ3n) is 3.07. The average Bonchev–Trinajstić information content (AvgIpc) is 2.93. The Hall–Kier alpha value is -0.980. The molecule has 0 spiro atoms. The van der Waals surface area contributed by atoms with E-state index in [1.165, 1.54) is 0 Å². The van der Waals surface area contributed by atoms with E-state index >= 15 is 0 Å². The van der Waals surface area contributed by atoms with Gasteiger partial charge in [-0.05, 0) is 19.3 Å². The molecule has 1 aromatic rings. The van der Waals surface area contributed by atoms with E-state index in [0.717, 1.165) is 0 Å². The van der Waals surface area contributed by atoms with E-state index in [2.05, 4.69) is 29.3 Å². The smallest absolute Gasteiger partial charge is 0.243 e. The van der Waals surface area contributed by atoms with Gasteiger partial charge in [-0.25, -0.2) is 0 Å². The molecule has 1 unspecified atom stereocenters. The molecule has 1 aliphatic heterocycles. The van der Waals surface area contributed by atoms with Crippen molar-refractivity contribution in [3.63, 3.8) is 0 Å². The third kappa shape index (κ3) is 2.88. The van der Waals surface area contributed by atoms with Gasteiger partial charge >= 0.3 is 0 Å². The zero-order valence-corrected chi connectivity index (χ0v) is 11.1. The maximum atomic E-state index is 9.47. The van der Waals surface area contributed by atoms with Crippen LogP contribution in [0, 0.1) is 5.92 Å². The van der Waals surface area contributed by atoms with Crippen LogP contribution in [-0.2, 0) is 4.74 Å². The van der Waals surface area contributed by atoms with Gasteiger partial charge in [0, 0.05) is 13.2 Å². The van der Waals surface area contributed by atoms with Gasteiger partial charge in [0.25, 0.3) is 0 Å². The highest BCUT2D eigenvalue weighted by Gasteiger charge is 2.30. The Bertz CT molecular complexity index is 380. The number of aliphatic hydroxyl groups excluding tert-OH is 1. The van der Waals surface area contributed by atoms with Crippen LogP contribution in [0.2, 0.25) is 0 Å². The number of nitrogens with zero attached hydrogens (tertiary/aromatic N) is 2. The Kier molecular flexibility index (Phi) is 4.31. The molecule has 2 rings (SSSR count). The van der Waals surface area contributed by atoms with E-state index in [1.807, 2.05) is 6.92 Å². The van der Waals surface area contributed by atoms with Crippen LogP contribution in [0.15, 0.2) is 4.52 Å². The minimum atomic E-state index is -0.335. The maximum absolute atomic E-state index is 9.47. The van der Waals surface area contributed by atoms with Crippen molar-refractivity contribution in [3.05, 3.63) is 11.7 Å². The van der Waals surface area contributed by atoms with E-state index in [9.17, 15) is 5.11 Å². The summed E-state index contributed by atoms with van der Waals surface area (Å²) < 4.78 is 10.9. The van der Waals surface area contributed by atoms with E-state index < -0.39 is 0 Å². The van der Waals surface area contributed by atoms with Gasteiger partial charge in [-0.15, -0.1) is 0 Å². The minimum Gasteiger partial charge on any atom is -0.392 e. The van der Waals surface area contributed by atoms with Crippen molar-refractivity contribution >= 4 is 0 Å². The third-order valence-corrected chi connectivity index (χ3v) is 3.07. The highest BCUT2D eigenvalue weighted by atomic mass is 16.5. The highest BCUT2D eigenvalue weighted by Crippen LogP contribution is 2.27. The fourth-order valence-electron chi connectivity index (χ4n) is 2.15. The van der Waals surface area contributed by atoms with Crippen LogP contribution in [0.25, 0.3) is 0 Å². The monoisotopic (exact) mass is 255 g/mol. The van der Waals surface area contributed by atoms with Gasteiger partial charge in [-0.1, -0.05) is 19.0 Å². The summed E-state index contributed by atoms with van der Waals surface area (Å²) >= 11 is 0. The van der Waals surface area contributed by atoms with Crippen molar-refractivity contribution in [2.45, 2.75) is 45.4 Å². The van der Waals surface area contributed by atoms with Crippen LogP contribution in [0.4, 0.5) is 0 Å². The van der Waals surface area contributed by atoms with Crippen LogP contribution >= 0.6 is 0 Å². The summed E-state index contributed by atoms with van der Waals surface area (Å²) in [7, 11) is 0. The number of aliphatic hydroxyl groups is 1. The first-order valence-corrected chi connectivity index (χ1v) is 6.48. The van der Waals surface area contributed by atoms with Crippen LogP contribution in [0.3, 0.4) is 0 Å². The Labute approximate surface area is 107 Å². The first kappa shape index (κ1) is 13.5. The van der Waals surface area contributed by atoms with Gasteiger partial charge in [0.2, 0.25) is 11.7 Å².